The Morgan fingerprint density at radius 2 is 0.684 bits per heavy atom. The minimum Gasteiger partial charge on any atom is -0.753 e. The number of pyridine rings is 4. The van der Waals surface area contributed by atoms with E-state index in [-0.39, 0.29) is 16.8 Å². The molecule has 0 spiro atoms. The van der Waals surface area contributed by atoms with E-state index in [0.29, 0.717) is 23.3 Å². The molecule has 0 bridgehead atoms. The summed E-state index contributed by atoms with van der Waals surface area (Å²) in [6.45, 7) is 0. The number of isothiocyanates is 2. The number of ether oxygens (including phenoxy) is 2. The van der Waals surface area contributed by atoms with E-state index >= 15 is 0 Å². The minimum absolute atomic E-state index is 0. The third kappa shape index (κ3) is 11.1. The molecule has 0 aliphatic heterocycles. The van der Waals surface area contributed by atoms with E-state index in [9.17, 15) is 0 Å². The standard InChI is InChI=1S/2C19H15N5O.2CNS.Co/c2*1-25-15-10-8-14(9-11-15)24-18(16-6-2-4-12-20-16)22-23-19(24)17-7-3-5-13-21-17;2*2-1-3;/h2*2-13H,1H3;;;/q;;2*-1;+2. The molecular weight excluding hydrogens is 804 g/mol. The molecule has 8 aromatic rings. The molecule has 2 aromatic carbocycles. The molecule has 1 radical (unpaired) electrons. The van der Waals surface area contributed by atoms with Crippen molar-refractivity contribution in [2.75, 3.05) is 14.2 Å². The Hall–Kier alpha value is -6.97. The van der Waals surface area contributed by atoms with Gasteiger partial charge in [0.1, 0.15) is 34.3 Å². The maximum atomic E-state index is 7.13. The summed E-state index contributed by atoms with van der Waals surface area (Å²) in [6, 6.07) is 38.3. The average Bonchev–Trinajstić information content (AvgIpc) is 3.92. The van der Waals surface area contributed by atoms with Crippen LogP contribution < -0.4 is 9.47 Å². The Balaban J connectivity index is 0.000000219. The van der Waals surface area contributed by atoms with E-state index in [4.69, 9.17) is 20.3 Å². The van der Waals surface area contributed by atoms with Crippen molar-refractivity contribution in [3.05, 3.63) is 157 Å². The van der Waals surface area contributed by atoms with Gasteiger partial charge < -0.3 is 20.3 Å². The fourth-order valence-corrected chi connectivity index (χ4v) is 5.16. The number of rotatable bonds is 8. The molecule has 17 heteroatoms. The van der Waals surface area contributed by atoms with Crippen LogP contribution in [0.4, 0.5) is 0 Å². The number of thiocarbonyl (C=S) groups is 2. The van der Waals surface area contributed by atoms with Crippen LogP contribution in [0.2, 0.25) is 0 Å². The van der Waals surface area contributed by atoms with Crippen molar-refractivity contribution in [2.24, 2.45) is 0 Å². The van der Waals surface area contributed by atoms with Crippen molar-refractivity contribution < 1.29 is 26.3 Å². The second-order valence-corrected chi connectivity index (χ2v) is 11.2. The van der Waals surface area contributed by atoms with E-state index in [0.717, 1.165) is 45.6 Å². The van der Waals surface area contributed by atoms with Crippen molar-refractivity contribution in [3.8, 4) is 68.9 Å². The van der Waals surface area contributed by atoms with E-state index in [2.05, 4.69) is 64.8 Å². The van der Waals surface area contributed by atoms with E-state index in [1.807, 2.05) is 130 Å². The van der Waals surface area contributed by atoms with Crippen LogP contribution in [0.25, 0.3) is 68.3 Å². The van der Waals surface area contributed by atoms with Crippen molar-refractivity contribution in [2.45, 2.75) is 0 Å². The summed E-state index contributed by atoms with van der Waals surface area (Å²) in [5, 5.41) is 34.4. The molecule has 283 valence electrons. The van der Waals surface area contributed by atoms with Gasteiger partial charge >= 0.3 is 16.8 Å². The zero-order valence-corrected chi connectivity index (χ0v) is 32.9. The number of methoxy groups -OCH3 is 2. The van der Waals surface area contributed by atoms with E-state index in [1.54, 1.807) is 39.0 Å². The van der Waals surface area contributed by atoms with Gasteiger partial charge in [-0.3, -0.25) is 29.1 Å². The molecule has 6 aromatic heterocycles. The summed E-state index contributed by atoms with van der Waals surface area (Å²) < 4.78 is 14.4. The van der Waals surface area contributed by atoms with Crippen molar-refractivity contribution >= 4 is 34.8 Å². The number of hydrogen-bond acceptors (Lipinski definition) is 12. The quantitative estimate of drug-likeness (QED) is 0.106. The van der Waals surface area contributed by atoms with Gasteiger partial charge in [0.25, 0.3) is 0 Å². The van der Waals surface area contributed by atoms with Crippen molar-refractivity contribution in [1.82, 2.24) is 49.5 Å². The third-order valence-electron chi connectivity index (χ3n) is 7.56. The zero-order chi connectivity index (χ0) is 39.5. The van der Waals surface area contributed by atoms with Gasteiger partial charge in [-0.15, -0.1) is 20.4 Å². The summed E-state index contributed by atoms with van der Waals surface area (Å²) in [5.41, 5.74) is 4.79. The van der Waals surface area contributed by atoms with Crippen LogP contribution in [0.3, 0.4) is 0 Å². The molecule has 0 unspecified atom stereocenters. The Morgan fingerprint density at radius 3 is 0.877 bits per heavy atom. The fourth-order valence-electron chi connectivity index (χ4n) is 5.16. The van der Waals surface area contributed by atoms with Crippen LogP contribution in [0.15, 0.2) is 146 Å². The van der Waals surface area contributed by atoms with Crippen LogP contribution >= 0.6 is 24.4 Å². The largest absolute Gasteiger partial charge is 2.00 e. The fraction of sp³-hybridized carbons (Fsp3) is 0.0500. The van der Waals surface area contributed by atoms with Gasteiger partial charge in [-0.25, -0.2) is 0 Å². The first-order valence-electron chi connectivity index (χ1n) is 16.4. The molecule has 8 rings (SSSR count). The number of nitrogens with zero attached hydrogens (tertiary/aromatic N) is 12. The smallest absolute Gasteiger partial charge is 0.753 e. The summed E-state index contributed by atoms with van der Waals surface area (Å²) in [4.78, 5) is 17.6. The molecule has 0 N–H and O–H groups in total. The maximum Gasteiger partial charge on any atom is 2.00 e. The monoisotopic (exact) mass is 833 g/mol. The third-order valence-corrected chi connectivity index (χ3v) is 7.56. The molecule has 0 atom stereocenters. The Bertz CT molecular complexity index is 2190. The van der Waals surface area contributed by atoms with Gasteiger partial charge in [0, 0.05) is 36.2 Å². The van der Waals surface area contributed by atoms with Gasteiger partial charge in [-0.05, 0) is 97.1 Å². The average molecular weight is 834 g/mol. The van der Waals surface area contributed by atoms with Crippen LogP contribution in [0.5, 0.6) is 11.5 Å². The number of aromatic nitrogens is 10. The number of benzene rings is 2. The van der Waals surface area contributed by atoms with Crippen molar-refractivity contribution in [3.63, 3.8) is 0 Å². The molecule has 14 nitrogen and oxygen atoms in total. The minimum atomic E-state index is 0. The first-order valence-corrected chi connectivity index (χ1v) is 17.3. The summed E-state index contributed by atoms with van der Waals surface area (Å²) in [7, 11) is 3.29. The van der Waals surface area contributed by atoms with Gasteiger partial charge in [0.05, 0.1) is 14.2 Å². The van der Waals surface area contributed by atoms with Gasteiger partial charge in [-0.1, -0.05) is 48.7 Å². The molecule has 57 heavy (non-hydrogen) atoms. The van der Waals surface area contributed by atoms with Gasteiger partial charge in [0.2, 0.25) is 0 Å². The van der Waals surface area contributed by atoms with Gasteiger partial charge in [-0.2, -0.15) is 10.3 Å². The molecule has 0 aliphatic rings. The van der Waals surface area contributed by atoms with Gasteiger partial charge in [0.15, 0.2) is 23.3 Å². The molecule has 0 amide bonds. The van der Waals surface area contributed by atoms with Crippen LogP contribution in [-0.2, 0) is 16.8 Å². The molecular formula is C40H30CoN12O2S2. The Morgan fingerprint density at radius 1 is 0.439 bits per heavy atom. The second kappa shape index (κ2) is 22.4. The molecule has 0 fully saturated rings. The first-order chi connectivity index (χ1) is 27.6. The SMILES string of the molecule is COc1ccc(-n2c(-c3ccccn3)nnc2-c2ccccn2)cc1.COc1ccc(-n2c(-c3ccccn3)nnc2-c2ccccn2)cc1.[Co+2].[N-]=C=S.[N-]=C=S. The van der Waals surface area contributed by atoms with E-state index < -0.39 is 0 Å². The van der Waals surface area contributed by atoms with Crippen molar-refractivity contribution in [1.29, 1.82) is 0 Å². The topological polar surface area (TPSA) is 176 Å². The van der Waals surface area contributed by atoms with Crippen LogP contribution in [0.1, 0.15) is 0 Å². The van der Waals surface area contributed by atoms with Crippen LogP contribution in [0, 0.1) is 0 Å². The molecule has 0 saturated heterocycles. The summed E-state index contributed by atoms with van der Waals surface area (Å²) >= 11 is 7.40. The normalized spacial score (nSPS) is 9.58. The van der Waals surface area contributed by atoms with E-state index in [1.165, 1.54) is 10.3 Å². The molecule has 0 aliphatic carbocycles. The predicted octanol–water partition coefficient (Wildman–Crippen LogP) is 8.11. The van der Waals surface area contributed by atoms with Crippen LogP contribution in [-0.4, -0.2) is 74.0 Å². The predicted molar refractivity (Wildman–Crippen MR) is 221 cm³/mol. The Labute approximate surface area is 348 Å². The first kappa shape index (κ1) is 42.8. The number of hydrogen-bond donors (Lipinski definition) is 0. The maximum absolute atomic E-state index is 7.13. The molecule has 0 saturated carbocycles. The second-order valence-electron chi connectivity index (χ2n) is 10.8. The molecule has 6 heterocycles. The Kier molecular flexibility index (Phi) is 16.8. The summed E-state index contributed by atoms with van der Waals surface area (Å²) in [5.74, 6) is 4.21. The summed E-state index contributed by atoms with van der Waals surface area (Å²) in [6.07, 6.45) is 6.96. The zero-order valence-electron chi connectivity index (χ0n) is 30.2.